The highest BCUT2D eigenvalue weighted by Crippen LogP contribution is 2.26. The zero-order chi connectivity index (χ0) is 23.1. The quantitative estimate of drug-likeness (QED) is 0.523. The second-order valence-electron chi connectivity index (χ2n) is 8.30. The van der Waals surface area contributed by atoms with Gasteiger partial charge in [-0.25, -0.2) is 4.79 Å². The van der Waals surface area contributed by atoms with Crippen molar-refractivity contribution in [1.82, 2.24) is 4.90 Å². The van der Waals surface area contributed by atoms with Gasteiger partial charge in [0.05, 0.1) is 6.61 Å². The van der Waals surface area contributed by atoms with Gasteiger partial charge in [0.15, 0.2) is 0 Å². The van der Waals surface area contributed by atoms with Gasteiger partial charge in [0.2, 0.25) is 11.8 Å². The van der Waals surface area contributed by atoms with E-state index in [0.29, 0.717) is 31.7 Å². The minimum atomic E-state index is -0.556. The molecule has 2 amide bonds. The van der Waals surface area contributed by atoms with Crippen LogP contribution in [0.5, 0.6) is 0 Å². The van der Waals surface area contributed by atoms with Crippen molar-refractivity contribution in [3.8, 4) is 0 Å². The molecular weight excluding hydrogens is 404 g/mol. The van der Waals surface area contributed by atoms with Crippen LogP contribution in [0.1, 0.15) is 43.9 Å². The van der Waals surface area contributed by atoms with E-state index >= 15 is 0 Å². The Hall–Kier alpha value is -3.41. The average Bonchev–Trinajstić information content (AvgIpc) is 2.77. The van der Waals surface area contributed by atoms with Gasteiger partial charge < -0.3 is 15.0 Å². The number of carbonyl (C=O) groups is 3. The van der Waals surface area contributed by atoms with Crippen molar-refractivity contribution in [1.29, 1.82) is 0 Å². The standard InChI is InChI=1S/C26H30N2O4/c1-4-32-25(30)14-11-19-9-12-22(13-10-19)27-26(31)23-16-20-7-5-6-8-21(20)17-28(23)24(29)15-18(2)3/h5-14,18,23H,4,15-17H2,1-3H3,(H,27,31)/b14-11+. The number of hydrogen-bond donors (Lipinski definition) is 1. The summed E-state index contributed by atoms with van der Waals surface area (Å²) in [7, 11) is 0. The van der Waals surface area contributed by atoms with Gasteiger partial charge in [-0.1, -0.05) is 50.2 Å². The number of amides is 2. The number of rotatable bonds is 7. The van der Waals surface area contributed by atoms with Crippen LogP contribution >= 0.6 is 0 Å². The van der Waals surface area contributed by atoms with E-state index in [1.54, 1.807) is 30.0 Å². The molecule has 168 valence electrons. The van der Waals surface area contributed by atoms with Gasteiger partial charge in [0, 0.05) is 31.1 Å². The maximum atomic E-state index is 13.2. The smallest absolute Gasteiger partial charge is 0.330 e. The number of hydrogen-bond acceptors (Lipinski definition) is 4. The molecule has 1 N–H and O–H groups in total. The summed E-state index contributed by atoms with van der Waals surface area (Å²) in [6.45, 7) is 6.53. The molecule has 1 unspecified atom stereocenters. The van der Waals surface area contributed by atoms with E-state index in [4.69, 9.17) is 4.74 Å². The Kier molecular flexibility index (Phi) is 7.82. The highest BCUT2D eigenvalue weighted by Gasteiger charge is 2.34. The van der Waals surface area contributed by atoms with Crippen LogP contribution in [-0.4, -0.2) is 35.3 Å². The zero-order valence-electron chi connectivity index (χ0n) is 18.8. The van der Waals surface area contributed by atoms with Crippen LogP contribution in [0, 0.1) is 5.92 Å². The summed E-state index contributed by atoms with van der Waals surface area (Å²) in [4.78, 5) is 39.2. The number of nitrogens with one attached hydrogen (secondary N) is 1. The average molecular weight is 435 g/mol. The van der Waals surface area contributed by atoms with Gasteiger partial charge >= 0.3 is 5.97 Å². The first kappa shape index (κ1) is 23.3. The maximum absolute atomic E-state index is 13.2. The SMILES string of the molecule is CCOC(=O)/C=C/c1ccc(NC(=O)C2Cc3ccccc3CN2C(=O)CC(C)C)cc1. The molecular formula is C26H30N2O4. The summed E-state index contributed by atoms with van der Waals surface area (Å²) in [5, 5.41) is 2.94. The van der Waals surface area contributed by atoms with Crippen molar-refractivity contribution in [2.45, 2.75) is 46.2 Å². The lowest BCUT2D eigenvalue weighted by Gasteiger charge is -2.36. The maximum Gasteiger partial charge on any atom is 0.330 e. The second kappa shape index (κ2) is 10.8. The first-order valence-electron chi connectivity index (χ1n) is 11.0. The Labute approximate surface area is 189 Å². The monoisotopic (exact) mass is 434 g/mol. The summed E-state index contributed by atoms with van der Waals surface area (Å²) in [6.07, 6.45) is 3.93. The molecule has 0 saturated heterocycles. The third kappa shape index (κ3) is 6.06. The van der Waals surface area contributed by atoms with Crippen molar-refractivity contribution in [3.05, 3.63) is 71.3 Å². The summed E-state index contributed by atoms with van der Waals surface area (Å²) < 4.78 is 4.87. The molecule has 6 heteroatoms. The normalized spacial score (nSPS) is 15.5. The summed E-state index contributed by atoms with van der Waals surface area (Å²) in [6, 6.07) is 14.6. The molecule has 1 aliphatic rings. The Bertz CT molecular complexity index is 995. The van der Waals surface area contributed by atoms with Gasteiger partial charge in [0.1, 0.15) is 6.04 Å². The van der Waals surface area contributed by atoms with E-state index in [1.165, 1.54) is 6.08 Å². The number of fused-ring (bicyclic) bond motifs is 1. The van der Waals surface area contributed by atoms with Gasteiger partial charge in [0.25, 0.3) is 0 Å². The molecule has 1 atom stereocenters. The third-order valence-electron chi connectivity index (χ3n) is 5.33. The van der Waals surface area contributed by atoms with Crippen molar-refractivity contribution in [3.63, 3.8) is 0 Å². The van der Waals surface area contributed by atoms with Gasteiger partial charge in [-0.3, -0.25) is 9.59 Å². The van der Waals surface area contributed by atoms with Crippen LogP contribution in [0.15, 0.2) is 54.6 Å². The lowest BCUT2D eigenvalue weighted by atomic mass is 9.92. The van der Waals surface area contributed by atoms with E-state index in [9.17, 15) is 14.4 Å². The molecule has 0 aliphatic carbocycles. The fourth-order valence-electron chi connectivity index (χ4n) is 3.74. The summed E-state index contributed by atoms with van der Waals surface area (Å²) >= 11 is 0. The molecule has 2 aromatic carbocycles. The molecule has 0 bridgehead atoms. The lowest BCUT2D eigenvalue weighted by Crippen LogP contribution is -2.50. The molecule has 1 heterocycles. The van der Waals surface area contributed by atoms with Crippen molar-refractivity contribution in [2.75, 3.05) is 11.9 Å². The van der Waals surface area contributed by atoms with Crippen molar-refractivity contribution >= 4 is 29.5 Å². The van der Waals surface area contributed by atoms with Crippen LogP contribution in [0.2, 0.25) is 0 Å². The Balaban J connectivity index is 1.72. The van der Waals surface area contributed by atoms with Gasteiger partial charge in [-0.05, 0) is 47.7 Å². The van der Waals surface area contributed by atoms with E-state index in [1.807, 2.05) is 50.2 Å². The Morgan fingerprint density at radius 1 is 1.09 bits per heavy atom. The number of carbonyl (C=O) groups excluding carboxylic acids is 3. The first-order chi connectivity index (χ1) is 15.4. The highest BCUT2D eigenvalue weighted by molar-refractivity contribution is 5.98. The van der Waals surface area contributed by atoms with Crippen LogP contribution < -0.4 is 5.32 Å². The summed E-state index contributed by atoms with van der Waals surface area (Å²) in [5.74, 6) is -0.382. The van der Waals surface area contributed by atoms with E-state index in [-0.39, 0.29) is 17.7 Å². The molecule has 2 aromatic rings. The molecule has 1 aliphatic heterocycles. The van der Waals surface area contributed by atoms with E-state index in [2.05, 4.69) is 5.32 Å². The molecule has 6 nitrogen and oxygen atoms in total. The molecule has 0 fully saturated rings. The predicted molar refractivity (Wildman–Crippen MR) is 125 cm³/mol. The number of esters is 1. The number of nitrogens with zero attached hydrogens (tertiary/aromatic N) is 1. The van der Waals surface area contributed by atoms with E-state index < -0.39 is 12.0 Å². The Morgan fingerprint density at radius 2 is 1.78 bits per heavy atom. The predicted octanol–water partition coefficient (Wildman–Crippen LogP) is 4.20. The highest BCUT2D eigenvalue weighted by atomic mass is 16.5. The summed E-state index contributed by atoms with van der Waals surface area (Å²) in [5.41, 5.74) is 3.64. The van der Waals surface area contributed by atoms with Crippen LogP contribution in [0.3, 0.4) is 0 Å². The fourth-order valence-corrected chi connectivity index (χ4v) is 3.74. The van der Waals surface area contributed by atoms with Crippen molar-refractivity contribution < 1.29 is 19.1 Å². The lowest BCUT2D eigenvalue weighted by molar-refractivity contribution is -0.140. The third-order valence-corrected chi connectivity index (χ3v) is 5.33. The van der Waals surface area contributed by atoms with Gasteiger partial charge in [-0.15, -0.1) is 0 Å². The number of anilines is 1. The van der Waals surface area contributed by atoms with Crippen molar-refractivity contribution in [2.24, 2.45) is 5.92 Å². The Morgan fingerprint density at radius 3 is 2.44 bits per heavy atom. The number of ether oxygens (including phenoxy) is 1. The van der Waals surface area contributed by atoms with E-state index in [0.717, 1.165) is 16.7 Å². The van der Waals surface area contributed by atoms with Crippen LogP contribution in [0.25, 0.3) is 6.08 Å². The topological polar surface area (TPSA) is 75.7 Å². The largest absolute Gasteiger partial charge is 0.463 e. The number of benzene rings is 2. The van der Waals surface area contributed by atoms with Gasteiger partial charge in [-0.2, -0.15) is 0 Å². The molecule has 0 spiro atoms. The van der Waals surface area contributed by atoms with Crippen LogP contribution in [-0.2, 0) is 32.1 Å². The van der Waals surface area contributed by atoms with Crippen LogP contribution in [0.4, 0.5) is 5.69 Å². The minimum absolute atomic E-state index is 0.00546. The minimum Gasteiger partial charge on any atom is -0.463 e. The molecule has 32 heavy (non-hydrogen) atoms. The fraction of sp³-hybridized carbons (Fsp3) is 0.346. The zero-order valence-corrected chi connectivity index (χ0v) is 18.8. The molecule has 0 aromatic heterocycles. The molecule has 3 rings (SSSR count). The first-order valence-corrected chi connectivity index (χ1v) is 11.0. The molecule has 0 saturated carbocycles. The molecule has 0 radical (unpaired) electrons. The second-order valence-corrected chi connectivity index (χ2v) is 8.30.